The summed E-state index contributed by atoms with van der Waals surface area (Å²) in [6, 6.07) is 8.96. The fourth-order valence-electron chi connectivity index (χ4n) is 2.45. The van der Waals surface area contributed by atoms with Crippen molar-refractivity contribution in [3.05, 3.63) is 34.3 Å². The smallest absolute Gasteiger partial charge is 0.0666 e. The van der Waals surface area contributed by atoms with Crippen molar-refractivity contribution in [3.8, 4) is 0 Å². The van der Waals surface area contributed by atoms with Gasteiger partial charge in [0.05, 0.1) is 5.60 Å². The summed E-state index contributed by atoms with van der Waals surface area (Å²) in [5, 5.41) is 3.66. The summed E-state index contributed by atoms with van der Waals surface area (Å²) in [7, 11) is 0. The van der Waals surface area contributed by atoms with Crippen molar-refractivity contribution < 1.29 is 4.74 Å². The van der Waals surface area contributed by atoms with Crippen LogP contribution in [0.25, 0.3) is 0 Å². The third-order valence-corrected chi connectivity index (χ3v) is 4.66. The van der Waals surface area contributed by atoms with E-state index in [-0.39, 0.29) is 5.60 Å². The van der Waals surface area contributed by atoms with Crippen LogP contribution in [0.5, 0.6) is 0 Å². The van der Waals surface area contributed by atoms with Gasteiger partial charge in [-0.05, 0) is 37.8 Å². The predicted octanol–water partition coefficient (Wildman–Crippen LogP) is 3.89. The first kappa shape index (κ1) is 14.0. The molecule has 18 heavy (non-hydrogen) atoms. The van der Waals surface area contributed by atoms with Gasteiger partial charge >= 0.3 is 0 Å². The molecule has 1 N–H and O–H groups in total. The molecule has 1 saturated heterocycles. The lowest BCUT2D eigenvalue weighted by molar-refractivity contribution is -0.0781. The van der Waals surface area contributed by atoms with Crippen molar-refractivity contribution in [1.82, 2.24) is 5.32 Å². The number of nitrogens with one attached hydrogen (secondary N) is 1. The van der Waals surface area contributed by atoms with E-state index in [1.807, 2.05) is 0 Å². The standard InChI is InChI=1S/C15H22BrNO/c1-3-15(2)10-13(8-9-18-15)17-11-12-6-4-5-7-14(12)16/h4-7,13,17H,3,8-11H2,1-2H3. The lowest BCUT2D eigenvalue weighted by Gasteiger charge is -2.38. The fraction of sp³-hybridized carbons (Fsp3) is 0.600. The largest absolute Gasteiger partial charge is 0.375 e. The van der Waals surface area contributed by atoms with Crippen LogP contribution in [0.4, 0.5) is 0 Å². The van der Waals surface area contributed by atoms with Crippen molar-refractivity contribution in [2.45, 2.75) is 51.3 Å². The molecular weight excluding hydrogens is 290 g/mol. The van der Waals surface area contributed by atoms with Gasteiger partial charge in [-0.15, -0.1) is 0 Å². The third kappa shape index (κ3) is 3.56. The molecule has 1 aromatic carbocycles. The summed E-state index contributed by atoms with van der Waals surface area (Å²) in [6.45, 7) is 6.22. The first-order valence-corrected chi connectivity index (χ1v) is 7.53. The van der Waals surface area contributed by atoms with Gasteiger partial charge in [0.1, 0.15) is 0 Å². The summed E-state index contributed by atoms with van der Waals surface area (Å²) >= 11 is 3.59. The van der Waals surface area contributed by atoms with E-state index in [9.17, 15) is 0 Å². The molecule has 100 valence electrons. The van der Waals surface area contributed by atoms with Crippen LogP contribution in [0, 0.1) is 0 Å². The van der Waals surface area contributed by atoms with Gasteiger partial charge in [-0.1, -0.05) is 41.1 Å². The number of hydrogen-bond acceptors (Lipinski definition) is 2. The Morgan fingerprint density at radius 1 is 1.44 bits per heavy atom. The maximum atomic E-state index is 5.87. The molecule has 2 unspecified atom stereocenters. The van der Waals surface area contributed by atoms with Crippen LogP contribution in [0.1, 0.15) is 38.7 Å². The first-order valence-electron chi connectivity index (χ1n) is 6.74. The first-order chi connectivity index (χ1) is 8.63. The highest BCUT2D eigenvalue weighted by Crippen LogP contribution is 2.28. The summed E-state index contributed by atoms with van der Waals surface area (Å²) in [6.07, 6.45) is 3.30. The van der Waals surface area contributed by atoms with Crippen molar-refractivity contribution in [3.63, 3.8) is 0 Å². The van der Waals surface area contributed by atoms with E-state index in [0.29, 0.717) is 6.04 Å². The second kappa shape index (κ2) is 6.18. The number of rotatable bonds is 4. The molecule has 2 rings (SSSR count). The minimum atomic E-state index is 0.0594. The van der Waals surface area contributed by atoms with Crippen LogP contribution in [0.3, 0.4) is 0 Å². The zero-order chi connectivity index (χ0) is 13.0. The molecule has 0 aromatic heterocycles. The Hall–Kier alpha value is -0.380. The summed E-state index contributed by atoms with van der Waals surface area (Å²) < 4.78 is 7.05. The highest BCUT2D eigenvalue weighted by molar-refractivity contribution is 9.10. The van der Waals surface area contributed by atoms with E-state index in [2.05, 4.69) is 59.4 Å². The number of benzene rings is 1. The highest BCUT2D eigenvalue weighted by Gasteiger charge is 2.31. The molecule has 0 aliphatic carbocycles. The Kier molecular flexibility index (Phi) is 4.82. The summed E-state index contributed by atoms with van der Waals surface area (Å²) in [5.41, 5.74) is 1.38. The summed E-state index contributed by atoms with van der Waals surface area (Å²) in [5.74, 6) is 0. The molecule has 0 saturated carbocycles. The van der Waals surface area contributed by atoms with Crippen molar-refractivity contribution in [2.75, 3.05) is 6.61 Å². The van der Waals surface area contributed by atoms with Gasteiger partial charge in [0.15, 0.2) is 0 Å². The number of ether oxygens (including phenoxy) is 1. The van der Waals surface area contributed by atoms with E-state index in [0.717, 1.165) is 32.4 Å². The molecule has 3 heteroatoms. The van der Waals surface area contributed by atoms with Crippen LogP contribution < -0.4 is 5.32 Å². The zero-order valence-corrected chi connectivity index (χ0v) is 12.8. The summed E-state index contributed by atoms with van der Waals surface area (Å²) in [4.78, 5) is 0. The predicted molar refractivity (Wildman–Crippen MR) is 78.7 cm³/mol. The maximum absolute atomic E-state index is 5.87. The third-order valence-electron chi connectivity index (χ3n) is 3.88. The Labute approximate surface area is 118 Å². The SMILES string of the molecule is CCC1(C)CC(NCc2ccccc2Br)CCO1. The second-order valence-electron chi connectivity index (χ2n) is 5.31. The van der Waals surface area contributed by atoms with Crippen molar-refractivity contribution >= 4 is 15.9 Å². The van der Waals surface area contributed by atoms with Crippen LogP contribution in [0.15, 0.2) is 28.7 Å². The molecule has 0 bridgehead atoms. The molecule has 1 aliphatic heterocycles. The monoisotopic (exact) mass is 311 g/mol. The Bertz CT molecular complexity index is 396. The molecule has 2 atom stereocenters. The van der Waals surface area contributed by atoms with Crippen LogP contribution in [-0.2, 0) is 11.3 Å². The molecule has 1 fully saturated rings. The quantitative estimate of drug-likeness (QED) is 0.911. The fourth-order valence-corrected chi connectivity index (χ4v) is 2.87. The average molecular weight is 312 g/mol. The van der Waals surface area contributed by atoms with Gasteiger partial charge in [-0.3, -0.25) is 0 Å². The molecule has 0 spiro atoms. The van der Waals surface area contributed by atoms with Gasteiger partial charge in [0.25, 0.3) is 0 Å². The van der Waals surface area contributed by atoms with E-state index in [4.69, 9.17) is 4.74 Å². The highest BCUT2D eigenvalue weighted by atomic mass is 79.9. The van der Waals surface area contributed by atoms with E-state index < -0.39 is 0 Å². The minimum Gasteiger partial charge on any atom is -0.375 e. The van der Waals surface area contributed by atoms with Gasteiger partial charge < -0.3 is 10.1 Å². The average Bonchev–Trinajstić information content (AvgIpc) is 2.38. The van der Waals surface area contributed by atoms with Gasteiger partial charge in [-0.25, -0.2) is 0 Å². The molecule has 1 aromatic rings. The molecule has 0 radical (unpaired) electrons. The van der Waals surface area contributed by atoms with Crippen LogP contribution in [-0.4, -0.2) is 18.2 Å². The number of hydrogen-bond donors (Lipinski definition) is 1. The molecule has 1 heterocycles. The Morgan fingerprint density at radius 2 is 2.22 bits per heavy atom. The lowest BCUT2D eigenvalue weighted by Crippen LogP contribution is -2.44. The number of halogens is 1. The van der Waals surface area contributed by atoms with Crippen molar-refractivity contribution in [1.29, 1.82) is 0 Å². The maximum Gasteiger partial charge on any atom is 0.0666 e. The zero-order valence-electron chi connectivity index (χ0n) is 11.2. The molecule has 2 nitrogen and oxygen atoms in total. The van der Waals surface area contributed by atoms with E-state index >= 15 is 0 Å². The molecular formula is C15H22BrNO. The molecule has 1 aliphatic rings. The van der Waals surface area contributed by atoms with E-state index in [1.165, 1.54) is 10.0 Å². The Balaban J connectivity index is 1.89. The van der Waals surface area contributed by atoms with Gasteiger partial charge in [-0.2, -0.15) is 0 Å². The lowest BCUT2D eigenvalue weighted by atomic mass is 9.90. The second-order valence-corrected chi connectivity index (χ2v) is 6.17. The van der Waals surface area contributed by atoms with Crippen molar-refractivity contribution in [2.24, 2.45) is 0 Å². The van der Waals surface area contributed by atoms with Gasteiger partial charge in [0.2, 0.25) is 0 Å². The minimum absolute atomic E-state index is 0.0594. The Morgan fingerprint density at radius 3 is 2.94 bits per heavy atom. The molecule has 0 amide bonds. The normalized spacial score (nSPS) is 28.3. The topological polar surface area (TPSA) is 21.3 Å². The van der Waals surface area contributed by atoms with Gasteiger partial charge in [0, 0.05) is 23.7 Å². The van der Waals surface area contributed by atoms with Crippen LogP contribution in [0.2, 0.25) is 0 Å². The van der Waals surface area contributed by atoms with E-state index in [1.54, 1.807) is 0 Å². The van der Waals surface area contributed by atoms with Crippen LogP contribution >= 0.6 is 15.9 Å².